The molecule has 0 bridgehead atoms. The summed E-state index contributed by atoms with van der Waals surface area (Å²) in [6.45, 7) is 4.38. The summed E-state index contributed by atoms with van der Waals surface area (Å²) in [5.74, 6) is -0.147. The van der Waals surface area contributed by atoms with E-state index in [4.69, 9.17) is 4.74 Å². The van der Waals surface area contributed by atoms with Gasteiger partial charge in [0.25, 0.3) is 5.56 Å². The van der Waals surface area contributed by atoms with E-state index >= 15 is 0 Å². The second-order valence-electron chi connectivity index (χ2n) is 7.96. The van der Waals surface area contributed by atoms with Crippen LogP contribution in [0.2, 0.25) is 0 Å². The number of aryl methyl sites for hydroxylation is 3. The van der Waals surface area contributed by atoms with E-state index in [1.807, 2.05) is 5.38 Å². The van der Waals surface area contributed by atoms with E-state index in [-0.39, 0.29) is 17.9 Å². The second kappa shape index (κ2) is 9.15. The molecule has 0 unspecified atom stereocenters. The van der Waals surface area contributed by atoms with Crippen LogP contribution >= 0.6 is 22.7 Å². The van der Waals surface area contributed by atoms with Gasteiger partial charge < -0.3 is 10.1 Å². The number of carbonyl (C=O) groups excluding carboxylic acids is 1. The normalized spacial score (nSPS) is 17.0. The van der Waals surface area contributed by atoms with Crippen molar-refractivity contribution in [1.82, 2.24) is 19.4 Å². The number of anilines is 1. The van der Waals surface area contributed by atoms with Crippen LogP contribution in [-0.2, 0) is 35.5 Å². The number of aromatic nitrogens is 3. The lowest BCUT2D eigenvalue weighted by molar-refractivity contribution is -0.116. The maximum atomic E-state index is 13.0. The minimum absolute atomic E-state index is 0.0285. The van der Waals surface area contributed by atoms with Gasteiger partial charge in [0, 0.05) is 42.9 Å². The minimum Gasteiger partial charge on any atom is -0.379 e. The fourth-order valence-electron chi connectivity index (χ4n) is 4.17. The number of hydrogen-bond donors (Lipinski definition) is 1. The number of carbonyl (C=O) groups is 1. The van der Waals surface area contributed by atoms with E-state index < -0.39 is 0 Å². The summed E-state index contributed by atoms with van der Waals surface area (Å²) in [5, 5.41) is 6.20. The maximum absolute atomic E-state index is 13.0. The van der Waals surface area contributed by atoms with Crippen molar-refractivity contribution in [1.29, 1.82) is 0 Å². The molecule has 5 rings (SSSR count). The minimum atomic E-state index is -0.147. The third-order valence-electron chi connectivity index (χ3n) is 5.81. The first-order chi connectivity index (χ1) is 15.2. The van der Waals surface area contributed by atoms with Crippen LogP contribution < -0.4 is 10.9 Å². The van der Waals surface area contributed by atoms with Crippen LogP contribution in [0.25, 0.3) is 10.2 Å². The van der Waals surface area contributed by atoms with Crippen LogP contribution in [0.15, 0.2) is 16.5 Å². The third kappa shape index (κ3) is 4.57. The molecule has 0 atom stereocenters. The Morgan fingerprint density at radius 2 is 2.06 bits per heavy atom. The van der Waals surface area contributed by atoms with Crippen molar-refractivity contribution in [2.24, 2.45) is 0 Å². The van der Waals surface area contributed by atoms with E-state index in [9.17, 15) is 9.59 Å². The van der Waals surface area contributed by atoms with Crippen molar-refractivity contribution >= 4 is 43.9 Å². The highest BCUT2D eigenvalue weighted by molar-refractivity contribution is 7.18. The number of amides is 1. The standard InChI is InChI=1S/C21H25N5O3S2/c27-17(24-21-23-14(12-30-21)11-25-7-9-29-10-8-25)5-6-26-13-22-19-18(20(26)28)15-3-1-2-4-16(15)31-19/h12-13H,1-11H2,(H,23,24,27). The smallest absolute Gasteiger partial charge is 0.262 e. The summed E-state index contributed by atoms with van der Waals surface area (Å²) in [5.41, 5.74) is 2.10. The van der Waals surface area contributed by atoms with Crippen molar-refractivity contribution in [3.63, 3.8) is 0 Å². The number of thiophene rings is 1. The lowest BCUT2D eigenvalue weighted by Crippen LogP contribution is -2.35. The third-order valence-corrected chi connectivity index (χ3v) is 7.82. The second-order valence-corrected chi connectivity index (χ2v) is 9.91. The van der Waals surface area contributed by atoms with Crippen LogP contribution in [0.5, 0.6) is 0 Å². The molecule has 1 N–H and O–H groups in total. The zero-order valence-electron chi connectivity index (χ0n) is 17.3. The van der Waals surface area contributed by atoms with Crippen molar-refractivity contribution < 1.29 is 9.53 Å². The van der Waals surface area contributed by atoms with Gasteiger partial charge in [-0.05, 0) is 31.2 Å². The summed E-state index contributed by atoms with van der Waals surface area (Å²) in [6.07, 6.45) is 6.07. The van der Waals surface area contributed by atoms with Gasteiger partial charge in [0.05, 0.1) is 30.6 Å². The number of hydrogen-bond acceptors (Lipinski definition) is 8. The molecule has 1 saturated heterocycles. The van der Waals surface area contributed by atoms with Gasteiger partial charge in [-0.2, -0.15) is 0 Å². The first kappa shape index (κ1) is 20.7. The summed E-state index contributed by atoms with van der Waals surface area (Å²) in [6, 6.07) is 0. The van der Waals surface area contributed by atoms with E-state index in [1.165, 1.54) is 28.2 Å². The Bertz CT molecular complexity index is 1150. The predicted molar refractivity (Wildman–Crippen MR) is 122 cm³/mol. The lowest BCUT2D eigenvalue weighted by Gasteiger charge is -2.25. The molecule has 1 amide bonds. The molecule has 0 radical (unpaired) electrons. The van der Waals surface area contributed by atoms with E-state index in [0.29, 0.717) is 11.7 Å². The molecule has 0 saturated carbocycles. The molecule has 31 heavy (non-hydrogen) atoms. The van der Waals surface area contributed by atoms with Crippen LogP contribution in [0.3, 0.4) is 0 Å². The van der Waals surface area contributed by atoms with E-state index in [1.54, 1.807) is 22.2 Å². The molecular weight excluding hydrogens is 434 g/mol. The van der Waals surface area contributed by atoms with Gasteiger partial charge in [0.15, 0.2) is 5.13 Å². The Hall–Kier alpha value is -2.14. The largest absolute Gasteiger partial charge is 0.379 e. The molecule has 2 aliphatic rings. The van der Waals surface area contributed by atoms with Gasteiger partial charge >= 0.3 is 0 Å². The highest BCUT2D eigenvalue weighted by Crippen LogP contribution is 2.33. The van der Waals surface area contributed by atoms with Crippen LogP contribution in [0, 0.1) is 0 Å². The average Bonchev–Trinajstić information content (AvgIpc) is 3.38. The predicted octanol–water partition coefficient (Wildman–Crippen LogP) is 2.65. The van der Waals surface area contributed by atoms with E-state index in [0.717, 1.165) is 68.0 Å². The number of rotatable bonds is 6. The van der Waals surface area contributed by atoms with Gasteiger partial charge in [-0.3, -0.25) is 19.1 Å². The SMILES string of the molecule is O=C(CCn1cnc2sc3c(c2c1=O)CCCC3)Nc1nc(CN2CCOCC2)cs1. The molecule has 1 fully saturated rings. The molecule has 1 aliphatic heterocycles. The topological polar surface area (TPSA) is 89.3 Å². The van der Waals surface area contributed by atoms with Crippen LogP contribution in [0.1, 0.15) is 35.4 Å². The molecule has 0 spiro atoms. The Kier molecular flexibility index (Phi) is 6.13. The monoisotopic (exact) mass is 459 g/mol. The molecule has 4 heterocycles. The zero-order valence-corrected chi connectivity index (χ0v) is 18.9. The first-order valence-corrected chi connectivity index (χ1v) is 12.4. The fourth-order valence-corrected chi connectivity index (χ4v) is 6.11. The Morgan fingerprint density at radius 1 is 1.23 bits per heavy atom. The highest BCUT2D eigenvalue weighted by atomic mass is 32.1. The zero-order chi connectivity index (χ0) is 21.2. The first-order valence-electron chi connectivity index (χ1n) is 10.7. The average molecular weight is 460 g/mol. The van der Waals surface area contributed by atoms with Crippen molar-refractivity contribution in [2.45, 2.75) is 45.2 Å². The van der Waals surface area contributed by atoms with Gasteiger partial charge in [-0.25, -0.2) is 9.97 Å². The summed E-state index contributed by atoms with van der Waals surface area (Å²) >= 11 is 3.07. The lowest BCUT2D eigenvalue weighted by atomic mass is 9.97. The molecule has 1 aliphatic carbocycles. The van der Waals surface area contributed by atoms with Crippen LogP contribution in [0.4, 0.5) is 5.13 Å². The van der Waals surface area contributed by atoms with Gasteiger partial charge in [-0.1, -0.05) is 0 Å². The quantitative estimate of drug-likeness (QED) is 0.610. The number of nitrogens with zero attached hydrogens (tertiary/aromatic N) is 4. The number of nitrogens with one attached hydrogen (secondary N) is 1. The maximum Gasteiger partial charge on any atom is 0.262 e. The Labute approximate surface area is 187 Å². The summed E-state index contributed by atoms with van der Waals surface area (Å²) in [7, 11) is 0. The number of ether oxygens (including phenoxy) is 1. The van der Waals surface area contributed by atoms with Crippen molar-refractivity contribution in [3.05, 3.63) is 38.2 Å². The number of thiazole rings is 1. The molecular formula is C21H25N5O3S2. The molecule has 164 valence electrons. The molecule has 10 heteroatoms. The van der Waals surface area contributed by atoms with Gasteiger partial charge in [0.2, 0.25) is 5.91 Å². The fraction of sp³-hybridized carbons (Fsp3) is 0.524. The van der Waals surface area contributed by atoms with E-state index in [2.05, 4.69) is 20.2 Å². The molecule has 8 nitrogen and oxygen atoms in total. The number of morpholine rings is 1. The van der Waals surface area contributed by atoms with Gasteiger partial charge in [-0.15, -0.1) is 22.7 Å². The molecule has 3 aromatic heterocycles. The van der Waals surface area contributed by atoms with Crippen molar-refractivity contribution in [3.8, 4) is 0 Å². The van der Waals surface area contributed by atoms with Gasteiger partial charge in [0.1, 0.15) is 4.83 Å². The molecule has 0 aromatic carbocycles. The number of fused-ring (bicyclic) bond motifs is 3. The molecule has 3 aromatic rings. The summed E-state index contributed by atoms with van der Waals surface area (Å²) < 4.78 is 6.93. The summed E-state index contributed by atoms with van der Waals surface area (Å²) in [4.78, 5) is 38.9. The highest BCUT2D eigenvalue weighted by Gasteiger charge is 2.20. The van der Waals surface area contributed by atoms with Crippen molar-refractivity contribution in [2.75, 3.05) is 31.6 Å². The Balaban J connectivity index is 1.20. The Morgan fingerprint density at radius 3 is 2.94 bits per heavy atom. The van der Waals surface area contributed by atoms with Crippen LogP contribution in [-0.4, -0.2) is 51.6 Å².